The molecule has 64 valence electrons. The maximum Gasteiger partial charge on any atom is 0.128 e. The predicted molar refractivity (Wildman–Crippen MR) is 49.7 cm³/mol. The van der Waals surface area contributed by atoms with Gasteiger partial charge in [0.05, 0.1) is 18.2 Å². The average molecular weight is 228 g/mol. The summed E-state index contributed by atoms with van der Waals surface area (Å²) in [7, 11) is 0. The van der Waals surface area contributed by atoms with Crippen LogP contribution in [0.15, 0.2) is 4.60 Å². The van der Waals surface area contributed by atoms with Crippen molar-refractivity contribution >= 4 is 15.9 Å². The predicted octanol–water partition coefficient (Wildman–Crippen LogP) is 2.36. The van der Waals surface area contributed by atoms with Crippen molar-refractivity contribution in [2.24, 2.45) is 0 Å². The van der Waals surface area contributed by atoms with Gasteiger partial charge < -0.3 is 4.98 Å². The summed E-state index contributed by atoms with van der Waals surface area (Å²) in [6, 6.07) is 2.08. The molecule has 12 heavy (non-hydrogen) atoms. The zero-order valence-electron chi connectivity index (χ0n) is 7.06. The van der Waals surface area contributed by atoms with Crippen LogP contribution in [-0.2, 0) is 6.42 Å². The number of rotatable bonds is 2. The molecule has 0 aliphatic heterocycles. The van der Waals surface area contributed by atoms with E-state index in [9.17, 15) is 0 Å². The van der Waals surface area contributed by atoms with Crippen LogP contribution in [0, 0.1) is 11.3 Å². The van der Waals surface area contributed by atoms with E-state index < -0.39 is 0 Å². The highest BCUT2D eigenvalue weighted by molar-refractivity contribution is 9.10. The van der Waals surface area contributed by atoms with Gasteiger partial charge in [0.15, 0.2) is 0 Å². The molecule has 0 unspecified atom stereocenters. The van der Waals surface area contributed by atoms with Gasteiger partial charge in [0.25, 0.3) is 0 Å². The van der Waals surface area contributed by atoms with Gasteiger partial charge in [-0.15, -0.1) is 0 Å². The third kappa shape index (κ3) is 1.86. The van der Waals surface area contributed by atoms with Gasteiger partial charge in [-0.2, -0.15) is 5.26 Å². The summed E-state index contributed by atoms with van der Waals surface area (Å²) in [6.45, 7) is 4.11. The first-order chi connectivity index (χ1) is 5.65. The number of aromatic amines is 1. The molecule has 0 aliphatic carbocycles. The summed E-state index contributed by atoms with van der Waals surface area (Å²) >= 11 is 3.29. The van der Waals surface area contributed by atoms with E-state index in [1.807, 2.05) is 0 Å². The van der Waals surface area contributed by atoms with Crippen molar-refractivity contribution in [1.29, 1.82) is 5.26 Å². The van der Waals surface area contributed by atoms with E-state index in [1.165, 1.54) is 0 Å². The second kappa shape index (κ2) is 3.72. The molecule has 0 bridgehead atoms. The first-order valence-corrected chi connectivity index (χ1v) is 4.55. The fourth-order valence-electron chi connectivity index (χ4n) is 0.877. The summed E-state index contributed by atoms with van der Waals surface area (Å²) in [4.78, 5) is 7.34. The number of aromatic nitrogens is 2. The Morgan fingerprint density at radius 3 is 2.75 bits per heavy atom. The van der Waals surface area contributed by atoms with Crippen molar-refractivity contribution in [2.45, 2.75) is 26.2 Å². The van der Waals surface area contributed by atoms with Crippen LogP contribution in [0.1, 0.15) is 31.3 Å². The van der Waals surface area contributed by atoms with E-state index >= 15 is 0 Å². The maximum absolute atomic E-state index is 8.47. The van der Waals surface area contributed by atoms with Crippen molar-refractivity contribution in [3.05, 3.63) is 16.1 Å². The molecule has 0 radical (unpaired) electrons. The van der Waals surface area contributed by atoms with Crippen LogP contribution in [0.5, 0.6) is 0 Å². The molecule has 3 nitrogen and oxygen atoms in total. The van der Waals surface area contributed by atoms with Crippen LogP contribution < -0.4 is 0 Å². The molecule has 0 aromatic carbocycles. The number of hydrogen-bond donors (Lipinski definition) is 1. The molecule has 0 atom stereocenters. The molecular weight excluding hydrogens is 218 g/mol. The number of imidazole rings is 1. The molecule has 1 rings (SSSR count). The Morgan fingerprint density at radius 2 is 2.33 bits per heavy atom. The third-order valence-electron chi connectivity index (χ3n) is 1.55. The fourth-order valence-corrected chi connectivity index (χ4v) is 1.31. The lowest BCUT2D eigenvalue weighted by Gasteiger charge is -1.96. The van der Waals surface area contributed by atoms with Gasteiger partial charge in [-0.25, -0.2) is 4.98 Å². The Kier molecular flexibility index (Phi) is 2.88. The van der Waals surface area contributed by atoms with Crippen molar-refractivity contribution < 1.29 is 0 Å². The van der Waals surface area contributed by atoms with Crippen molar-refractivity contribution in [1.82, 2.24) is 9.97 Å². The van der Waals surface area contributed by atoms with Crippen LogP contribution >= 0.6 is 15.9 Å². The molecule has 1 N–H and O–H groups in total. The molecule has 1 heterocycles. The van der Waals surface area contributed by atoms with Crippen LogP contribution in [0.4, 0.5) is 0 Å². The number of H-pyrrole nitrogens is 1. The smallest absolute Gasteiger partial charge is 0.128 e. The molecule has 1 aromatic rings. The van der Waals surface area contributed by atoms with Gasteiger partial charge >= 0.3 is 0 Å². The van der Waals surface area contributed by atoms with Crippen LogP contribution in [0.3, 0.4) is 0 Å². The van der Waals surface area contributed by atoms with Gasteiger partial charge in [0.2, 0.25) is 0 Å². The topological polar surface area (TPSA) is 52.5 Å². The highest BCUT2D eigenvalue weighted by Crippen LogP contribution is 2.18. The second-order valence-electron chi connectivity index (χ2n) is 2.88. The Morgan fingerprint density at radius 1 is 1.67 bits per heavy atom. The number of nitrogens with one attached hydrogen (secondary N) is 1. The molecule has 0 amide bonds. The summed E-state index contributed by atoms with van der Waals surface area (Å²) < 4.78 is 0.757. The normalized spacial score (nSPS) is 10.2. The maximum atomic E-state index is 8.47. The van der Waals surface area contributed by atoms with Gasteiger partial charge in [0.1, 0.15) is 10.4 Å². The number of nitrogens with zero attached hydrogens (tertiary/aromatic N) is 2. The summed E-state index contributed by atoms with van der Waals surface area (Å²) in [6.07, 6.45) is 0.375. The molecule has 0 spiro atoms. The number of nitriles is 1. The fraction of sp³-hybridized carbons (Fsp3) is 0.500. The molecule has 1 aromatic heterocycles. The van der Waals surface area contributed by atoms with Crippen LogP contribution in [-0.4, -0.2) is 9.97 Å². The number of hydrogen-bond acceptors (Lipinski definition) is 2. The van der Waals surface area contributed by atoms with Gasteiger partial charge in [-0.05, 0) is 15.9 Å². The Labute approximate surface area is 79.9 Å². The average Bonchev–Trinajstić information content (AvgIpc) is 2.34. The number of halogens is 1. The zero-order valence-corrected chi connectivity index (χ0v) is 8.64. The molecule has 0 saturated heterocycles. The van der Waals surface area contributed by atoms with Gasteiger partial charge in [0, 0.05) is 5.92 Å². The minimum atomic E-state index is 0.369. The Bertz CT molecular complexity index is 309. The van der Waals surface area contributed by atoms with Crippen LogP contribution in [0.25, 0.3) is 0 Å². The lowest BCUT2D eigenvalue weighted by Crippen LogP contribution is -1.90. The minimum Gasteiger partial charge on any atom is -0.344 e. The molecule has 4 heteroatoms. The SMILES string of the molecule is CC(C)c1nc(Br)c(CC#N)[nH]1. The zero-order chi connectivity index (χ0) is 9.14. The third-order valence-corrected chi connectivity index (χ3v) is 2.21. The van der Waals surface area contributed by atoms with E-state index in [0.717, 1.165) is 16.1 Å². The molecule has 0 aliphatic rings. The lowest BCUT2D eigenvalue weighted by molar-refractivity contribution is 0.789. The summed E-state index contributed by atoms with van der Waals surface area (Å²) in [5.41, 5.74) is 0.862. The highest BCUT2D eigenvalue weighted by Gasteiger charge is 2.09. The van der Waals surface area contributed by atoms with E-state index in [0.29, 0.717) is 12.3 Å². The largest absolute Gasteiger partial charge is 0.344 e. The van der Waals surface area contributed by atoms with E-state index in [-0.39, 0.29) is 0 Å². The first kappa shape index (κ1) is 9.27. The van der Waals surface area contributed by atoms with Crippen molar-refractivity contribution in [3.63, 3.8) is 0 Å². The van der Waals surface area contributed by atoms with Crippen LogP contribution in [0.2, 0.25) is 0 Å². The van der Waals surface area contributed by atoms with E-state index in [4.69, 9.17) is 5.26 Å². The standard InChI is InChI=1S/C8H10BrN3/c1-5(2)8-11-6(3-4-10)7(9)12-8/h5H,3H2,1-2H3,(H,11,12). The minimum absolute atomic E-state index is 0.369. The molecular formula is C8H10BrN3. The summed E-state index contributed by atoms with van der Waals surface area (Å²) in [5.74, 6) is 1.29. The Balaban J connectivity index is 2.94. The highest BCUT2D eigenvalue weighted by atomic mass is 79.9. The monoisotopic (exact) mass is 227 g/mol. The summed E-state index contributed by atoms with van der Waals surface area (Å²) in [5, 5.41) is 8.47. The molecule has 0 saturated carbocycles. The van der Waals surface area contributed by atoms with Crippen molar-refractivity contribution in [2.75, 3.05) is 0 Å². The second-order valence-corrected chi connectivity index (χ2v) is 3.63. The quantitative estimate of drug-likeness (QED) is 0.844. The Hall–Kier alpha value is -0.820. The first-order valence-electron chi connectivity index (χ1n) is 3.76. The molecule has 0 fully saturated rings. The van der Waals surface area contributed by atoms with E-state index in [1.54, 1.807) is 0 Å². The van der Waals surface area contributed by atoms with Gasteiger partial charge in [-0.3, -0.25) is 0 Å². The van der Waals surface area contributed by atoms with Crippen molar-refractivity contribution in [3.8, 4) is 6.07 Å². The van der Waals surface area contributed by atoms with Gasteiger partial charge in [-0.1, -0.05) is 13.8 Å². The lowest BCUT2D eigenvalue weighted by atomic mass is 10.2. The van der Waals surface area contributed by atoms with E-state index in [2.05, 4.69) is 45.8 Å².